The van der Waals surface area contributed by atoms with E-state index in [1.54, 1.807) is 13.8 Å². The molecule has 1 aliphatic heterocycles. The minimum Gasteiger partial charge on any atom is -0.273 e. The highest BCUT2D eigenvalue weighted by Gasteiger charge is 2.40. The van der Waals surface area contributed by atoms with Crippen molar-refractivity contribution in [3.8, 4) is 6.07 Å². The van der Waals surface area contributed by atoms with Crippen molar-refractivity contribution in [2.75, 3.05) is 11.5 Å². The van der Waals surface area contributed by atoms with Crippen molar-refractivity contribution in [3.05, 3.63) is 0 Å². The zero-order valence-corrected chi connectivity index (χ0v) is 9.06. The molecule has 0 N–H and O–H groups in total. The summed E-state index contributed by atoms with van der Waals surface area (Å²) in [6, 6.07) is 2.03. The first kappa shape index (κ1) is 11.1. The number of carbonyl (C=O) groups excluding carboxylic acids is 2. The molecule has 1 heterocycles. The number of hydrogen-bond donors (Lipinski definition) is 0. The molecule has 0 radical (unpaired) electrons. The quantitative estimate of drug-likeness (QED) is 0.635. The van der Waals surface area contributed by atoms with Gasteiger partial charge in [-0.25, -0.2) is 0 Å². The average Bonchev–Trinajstić information content (AvgIpc) is 2.17. The molecule has 2 amide bonds. The van der Waals surface area contributed by atoms with Crippen LogP contribution in [-0.4, -0.2) is 33.8 Å². The summed E-state index contributed by atoms with van der Waals surface area (Å²) >= 11 is 1.30. The van der Waals surface area contributed by atoms with Gasteiger partial charge in [-0.15, -0.1) is 11.8 Å². The van der Waals surface area contributed by atoms with Crippen LogP contribution in [-0.2, 0) is 9.59 Å². The summed E-state index contributed by atoms with van der Waals surface area (Å²) in [7, 11) is 0. The molecule has 14 heavy (non-hydrogen) atoms. The normalized spacial score (nSPS) is 21.6. The number of nitrogens with zero attached hydrogens (tertiary/aromatic N) is 2. The average molecular weight is 212 g/mol. The lowest BCUT2D eigenvalue weighted by Crippen LogP contribution is -2.55. The van der Waals surface area contributed by atoms with Crippen LogP contribution in [0.3, 0.4) is 0 Å². The predicted molar refractivity (Wildman–Crippen MR) is 53.5 cm³/mol. The zero-order chi connectivity index (χ0) is 10.8. The molecule has 1 rings (SSSR count). The van der Waals surface area contributed by atoms with Gasteiger partial charge < -0.3 is 0 Å². The Morgan fingerprint density at radius 3 is 2.36 bits per heavy atom. The van der Waals surface area contributed by atoms with Crippen LogP contribution in [0.15, 0.2) is 0 Å². The summed E-state index contributed by atoms with van der Waals surface area (Å²) in [6.07, 6.45) is 0.464. The monoisotopic (exact) mass is 212 g/mol. The van der Waals surface area contributed by atoms with Gasteiger partial charge in [0.2, 0.25) is 11.8 Å². The van der Waals surface area contributed by atoms with Crippen molar-refractivity contribution in [1.82, 2.24) is 4.90 Å². The Labute approximate surface area is 87.3 Å². The van der Waals surface area contributed by atoms with Crippen molar-refractivity contribution >= 4 is 23.6 Å². The molecule has 0 aromatic rings. The van der Waals surface area contributed by atoms with Gasteiger partial charge in [0.1, 0.15) is 5.54 Å². The molecule has 1 fully saturated rings. The van der Waals surface area contributed by atoms with Gasteiger partial charge in [-0.05, 0) is 13.3 Å². The van der Waals surface area contributed by atoms with E-state index in [0.717, 1.165) is 4.90 Å². The van der Waals surface area contributed by atoms with Crippen LogP contribution in [0.1, 0.15) is 20.3 Å². The second kappa shape index (κ2) is 4.01. The fourth-order valence-electron chi connectivity index (χ4n) is 1.33. The molecule has 1 atom stereocenters. The Balaban J connectivity index is 2.99. The topological polar surface area (TPSA) is 61.2 Å². The molecule has 0 aromatic carbocycles. The number of nitriles is 1. The van der Waals surface area contributed by atoms with E-state index >= 15 is 0 Å². The fourth-order valence-corrected chi connectivity index (χ4v) is 2.04. The van der Waals surface area contributed by atoms with Gasteiger partial charge in [0.15, 0.2) is 0 Å². The van der Waals surface area contributed by atoms with E-state index in [4.69, 9.17) is 5.26 Å². The number of hydrogen-bond acceptors (Lipinski definition) is 4. The molecule has 0 bridgehead atoms. The minimum atomic E-state index is -0.977. The summed E-state index contributed by atoms with van der Waals surface area (Å²) in [5, 5.41) is 8.97. The lowest BCUT2D eigenvalue weighted by Gasteiger charge is -2.35. The van der Waals surface area contributed by atoms with E-state index in [1.165, 1.54) is 11.8 Å². The minimum absolute atomic E-state index is 0.253. The smallest absolute Gasteiger partial charge is 0.240 e. The van der Waals surface area contributed by atoms with E-state index < -0.39 is 5.54 Å². The second-order valence-electron chi connectivity index (χ2n) is 3.35. The van der Waals surface area contributed by atoms with E-state index in [2.05, 4.69) is 0 Å². The standard InChI is InChI=1S/C9H12N2O2S/c1-3-9(2,6-10)11-7(12)4-14-5-8(11)13/h3-5H2,1-2H3. The largest absolute Gasteiger partial charge is 0.273 e. The van der Waals surface area contributed by atoms with Crippen LogP contribution in [0.5, 0.6) is 0 Å². The molecule has 4 nitrogen and oxygen atoms in total. The Bertz CT molecular complexity index is 294. The molecular weight excluding hydrogens is 200 g/mol. The first-order valence-corrected chi connectivity index (χ1v) is 5.55. The summed E-state index contributed by atoms with van der Waals surface area (Å²) in [4.78, 5) is 24.1. The van der Waals surface area contributed by atoms with E-state index in [0.29, 0.717) is 17.9 Å². The van der Waals surface area contributed by atoms with E-state index in [1.807, 2.05) is 6.07 Å². The number of amides is 2. The number of thioether (sulfide) groups is 1. The summed E-state index contributed by atoms with van der Waals surface area (Å²) in [5.74, 6) is 0.0840. The lowest BCUT2D eigenvalue weighted by molar-refractivity contribution is -0.147. The Morgan fingerprint density at radius 2 is 2.00 bits per heavy atom. The molecular formula is C9H12N2O2S. The molecule has 1 unspecified atom stereocenters. The molecule has 0 saturated carbocycles. The highest BCUT2D eigenvalue weighted by atomic mass is 32.2. The molecule has 0 aromatic heterocycles. The number of carbonyl (C=O) groups is 2. The molecule has 0 aliphatic carbocycles. The Morgan fingerprint density at radius 1 is 1.50 bits per heavy atom. The second-order valence-corrected chi connectivity index (χ2v) is 4.34. The van der Waals surface area contributed by atoms with Gasteiger partial charge in [0, 0.05) is 0 Å². The maximum atomic E-state index is 11.5. The Kier molecular flexibility index (Phi) is 3.17. The number of imide groups is 1. The van der Waals surface area contributed by atoms with E-state index in [-0.39, 0.29) is 11.8 Å². The maximum absolute atomic E-state index is 11.5. The van der Waals surface area contributed by atoms with Crippen molar-refractivity contribution in [1.29, 1.82) is 5.26 Å². The van der Waals surface area contributed by atoms with Crippen molar-refractivity contribution < 1.29 is 9.59 Å². The van der Waals surface area contributed by atoms with Gasteiger partial charge in [0.05, 0.1) is 17.6 Å². The van der Waals surface area contributed by atoms with Crippen LogP contribution in [0.4, 0.5) is 0 Å². The third-order valence-electron chi connectivity index (χ3n) is 2.37. The van der Waals surface area contributed by atoms with Gasteiger partial charge in [-0.1, -0.05) is 6.92 Å². The fraction of sp³-hybridized carbons (Fsp3) is 0.667. The summed E-state index contributed by atoms with van der Waals surface area (Å²) < 4.78 is 0. The van der Waals surface area contributed by atoms with Crippen LogP contribution in [0, 0.1) is 11.3 Å². The molecule has 5 heteroatoms. The van der Waals surface area contributed by atoms with Gasteiger partial charge in [-0.2, -0.15) is 5.26 Å². The van der Waals surface area contributed by atoms with Gasteiger partial charge in [0.25, 0.3) is 0 Å². The highest BCUT2D eigenvalue weighted by molar-refractivity contribution is 8.00. The zero-order valence-electron chi connectivity index (χ0n) is 8.24. The first-order valence-electron chi connectivity index (χ1n) is 4.40. The van der Waals surface area contributed by atoms with Crippen LogP contribution < -0.4 is 0 Å². The molecule has 76 valence electrons. The highest BCUT2D eigenvalue weighted by Crippen LogP contribution is 2.24. The molecule has 1 aliphatic rings. The summed E-state index contributed by atoms with van der Waals surface area (Å²) in [6.45, 7) is 3.42. The first-order chi connectivity index (χ1) is 6.55. The lowest BCUT2D eigenvalue weighted by atomic mass is 9.98. The molecule has 1 saturated heterocycles. The van der Waals surface area contributed by atoms with Gasteiger partial charge >= 0.3 is 0 Å². The third-order valence-corrected chi connectivity index (χ3v) is 3.27. The van der Waals surface area contributed by atoms with Gasteiger partial charge in [-0.3, -0.25) is 14.5 Å². The van der Waals surface area contributed by atoms with Crippen LogP contribution in [0.25, 0.3) is 0 Å². The number of rotatable bonds is 2. The maximum Gasteiger partial charge on any atom is 0.240 e. The third kappa shape index (κ3) is 1.75. The summed E-state index contributed by atoms with van der Waals surface area (Å²) in [5.41, 5.74) is -0.977. The van der Waals surface area contributed by atoms with Crippen molar-refractivity contribution in [3.63, 3.8) is 0 Å². The van der Waals surface area contributed by atoms with E-state index in [9.17, 15) is 9.59 Å². The van der Waals surface area contributed by atoms with Crippen molar-refractivity contribution in [2.24, 2.45) is 0 Å². The van der Waals surface area contributed by atoms with Crippen LogP contribution in [0.2, 0.25) is 0 Å². The molecule has 0 spiro atoms. The Hall–Kier alpha value is -1.02. The SMILES string of the molecule is CCC(C)(C#N)N1C(=O)CSCC1=O. The van der Waals surface area contributed by atoms with Crippen molar-refractivity contribution in [2.45, 2.75) is 25.8 Å². The predicted octanol–water partition coefficient (Wildman–Crippen LogP) is 0.781. The van der Waals surface area contributed by atoms with Crippen LogP contribution >= 0.6 is 11.8 Å².